The van der Waals surface area contributed by atoms with Crippen molar-refractivity contribution >= 4 is 35.4 Å². The first kappa shape index (κ1) is 53.7. The second kappa shape index (κ2) is 25.4. The van der Waals surface area contributed by atoms with Crippen LogP contribution in [0.2, 0.25) is 0 Å². The van der Waals surface area contributed by atoms with Crippen molar-refractivity contribution < 1.29 is 67.8 Å². The van der Waals surface area contributed by atoms with Gasteiger partial charge in [0, 0.05) is 68.4 Å². The van der Waals surface area contributed by atoms with Crippen LogP contribution >= 0.6 is 0 Å². The summed E-state index contributed by atoms with van der Waals surface area (Å²) in [4.78, 5) is 76.3. The summed E-state index contributed by atoms with van der Waals surface area (Å²) in [5.74, 6) is -0.885. The molecule has 0 radical (unpaired) electrons. The van der Waals surface area contributed by atoms with Crippen molar-refractivity contribution in [2.24, 2.45) is 17.3 Å². The van der Waals surface area contributed by atoms with Gasteiger partial charge in [-0.3, -0.25) is 33.7 Å². The molecule has 2 fully saturated rings. The molecule has 0 spiro atoms. The van der Waals surface area contributed by atoms with Crippen molar-refractivity contribution in [3.05, 3.63) is 66.2 Å². The van der Waals surface area contributed by atoms with Crippen molar-refractivity contribution in [2.45, 2.75) is 103 Å². The van der Waals surface area contributed by atoms with E-state index in [1.165, 1.54) is 17.1 Å². The maximum atomic E-state index is 13.0. The van der Waals surface area contributed by atoms with E-state index in [9.17, 15) is 44.1 Å². The zero-order valence-corrected chi connectivity index (χ0v) is 39.7. The molecule has 1 aliphatic carbocycles. The van der Waals surface area contributed by atoms with Crippen LogP contribution in [0, 0.1) is 17.3 Å². The summed E-state index contributed by atoms with van der Waals surface area (Å²) in [5, 5.41) is 41.2. The Morgan fingerprint density at radius 1 is 0.765 bits per heavy atom. The number of hydrogen-bond acceptors (Lipinski definition) is 14. The lowest BCUT2D eigenvalue weighted by Crippen LogP contribution is -2.57. The van der Waals surface area contributed by atoms with Gasteiger partial charge in [0.1, 0.15) is 24.1 Å². The van der Waals surface area contributed by atoms with E-state index in [-0.39, 0.29) is 106 Å². The number of carbonyl (C=O) groups is 6. The summed E-state index contributed by atoms with van der Waals surface area (Å²) in [6, 6.07) is 14.3. The molecule has 2 aromatic carbocycles. The van der Waals surface area contributed by atoms with E-state index >= 15 is 0 Å². The number of nitrogens with one attached hydrogen (secondary N) is 4. The van der Waals surface area contributed by atoms with Gasteiger partial charge in [0.15, 0.2) is 12.9 Å². The van der Waals surface area contributed by atoms with Crippen LogP contribution in [0.15, 0.2) is 60.7 Å². The number of hydrogen-bond donors (Lipinski definition) is 7. The second-order valence-corrected chi connectivity index (χ2v) is 18.7. The minimum atomic E-state index is -1.39. The first-order valence-electron chi connectivity index (χ1n) is 23.3. The molecule has 2 heterocycles. The maximum Gasteiger partial charge on any atom is 0.258 e. The Hall–Kier alpha value is -5.28. The van der Waals surface area contributed by atoms with Crippen LogP contribution in [0.25, 0.3) is 11.1 Å². The molecule has 7 N–H and O–H groups in total. The molecule has 2 aromatic rings. The number of aliphatic hydroxyl groups excluding tert-OH is 3. The quantitative estimate of drug-likeness (QED) is 0.0552. The Labute approximate surface area is 397 Å². The number of benzene rings is 2. The van der Waals surface area contributed by atoms with Crippen LogP contribution in [-0.2, 0) is 42.9 Å². The molecule has 5 rings (SSSR count). The van der Waals surface area contributed by atoms with Crippen molar-refractivity contribution in [2.75, 3.05) is 65.8 Å². The summed E-state index contributed by atoms with van der Waals surface area (Å²) in [7, 11) is 0. The predicted molar refractivity (Wildman–Crippen MR) is 248 cm³/mol. The van der Waals surface area contributed by atoms with Gasteiger partial charge in [-0.25, -0.2) is 0 Å². The molecule has 374 valence electrons. The largest absolute Gasteiger partial charge is 0.484 e. The van der Waals surface area contributed by atoms with Crippen molar-refractivity contribution in [1.29, 1.82) is 0 Å². The number of rotatable bonds is 25. The highest BCUT2D eigenvalue weighted by Crippen LogP contribution is 2.30. The zero-order chi connectivity index (χ0) is 49.4. The topological polar surface area (TPSA) is 261 Å². The van der Waals surface area contributed by atoms with E-state index in [0.29, 0.717) is 37.1 Å². The molecule has 2 aliphatic heterocycles. The van der Waals surface area contributed by atoms with E-state index in [0.717, 1.165) is 24.0 Å². The summed E-state index contributed by atoms with van der Waals surface area (Å²) in [6.45, 7) is 10.8. The van der Waals surface area contributed by atoms with Gasteiger partial charge in [0.25, 0.3) is 23.6 Å². The molecule has 0 bridgehead atoms. The number of imide groups is 1. The van der Waals surface area contributed by atoms with Gasteiger partial charge < -0.3 is 60.3 Å². The van der Waals surface area contributed by atoms with Crippen LogP contribution in [0.1, 0.15) is 77.1 Å². The van der Waals surface area contributed by atoms with Gasteiger partial charge in [-0.15, -0.1) is 0 Å². The van der Waals surface area contributed by atoms with Crippen LogP contribution in [0.4, 0.5) is 0 Å². The normalized spacial score (nSPS) is 23.0. The molecular formula is C49H69N5O14. The van der Waals surface area contributed by atoms with Crippen molar-refractivity contribution in [1.82, 2.24) is 26.2 Å². The first-order chi connectivity index (χ1) is 32.3. The van der Waals surface area contributed by atoms with Gasteiger partial charge in [-0.1, -0.05) is 38.1 Å². The fraction of sp³-hybridized carbons (Fsp3) is 0.592. The van der Waals surface area contributed by atoms with Gasteiger partial charge >= 0.3 is 0 Å². The summed E-state index contributed by atoms with van der Waals surface area (Å²) in [5.41, 5.74) is 0.647. The second-order valence-electron chi connectivity index (χ2n) is 18.7. The summed E-state index contributed by atoms with van der Waals surface area (Å²) in [6.07, 6.45) is 0.0995. The molecule has 68 heavy (non-hydrogen) atoms. The lowest BCUT2D eigenvalue weighted by atomic mass is 9.81. The molecule has 5 atom stereocenters. The van der Waals surface area contributed by atoms with Gasteiger partial charge in [-0.2, -0.15) is 0 Å². The van der Waals surface area contributed by atoms with Gasteiger partial charge in [0.05, 0.1) is 31.5 Å². The Morgan fingerprint density at radius 2 is 1.46 bits per heavy atom. The Morgan fingerprint density at radius 3 is 2.16 bits per heavy atom. The van der Waals surface area contributed by atoms with Gasteiger partial charge in [0.2, 0.25) is 11.8 Å². The number of amides is 6. The molecule has 0 aromatic heterocycles. The van der Waals surface area contributed by atoms with E-state index in [4.69, 9.17) is 23.7 Å². The molecule has 1 saturated heterocycles. The smallest absolute Gasteiger partial charge is 0.258 e. The average Bonchev–Trinajstić information content (AvgIpc) is 3.64. The third-order valence-corrected chi connectivity index (χ3v) is 12.3. The summed E-state index contributed by atoms with van der Waals surface area (Å²) >= 11 is 0. The van der Waals surface area contributed by atoms with Crippen LogP contribution in [0.3, 0.4) is 0 Å². The van der Waals surface area contributed by atoms with E-state index in [1.54, 1.807) is 37.3 Å². The standard InChI is InChI=1S/C49H69N5O14/c1-31-41(58)42(59)43(60)46(68-31)65-26-25-64-24-22-52-47(63)48(2,3)19-23-67-49(4,5)30-53-38(55)29-66-37-15-13-33(14-16-37)35-7-6-8-36(27-35)45(62)51-21-20-50-44(61)34-11-9-32(10-12-34)28-54-39(56)17-18-40(54)57/h6-8,13-18,27,31-32,34,41-43,46,58-60H,9-12,19-26,28-30H2,1-5H3,(H,50,61)(H,51,62)(H,52,63)(H,53,55)/t31-,32?,34?,41-,42+,43+,46+/m0/s1. The Kier molecular flexibility index (Phi) is 20.0. The molecule has 0 unspecified atom stereocenters. The Bertz CT molecular complexity index is 2040. The van der Waals surface area contributed by atoms with Crippen LogP contribution < -0.4 is 26.0 Å². The lowest BCUT2D eigenvalue weighted by molar-refractivity contribution is -0.294. The predicted octanol–water partition coefficient (Wildman–Crippen LogP) is 1.61. The van der Waals surface area contributed by atoms with E-state index < -0.39 is 41.7 Å². The highest BCUT2D eigenvalue weighted by Gasteiger charge is 2.42. The van der Waals surface area contributed by atoms with Crippen LogP contribution in [0.5, 0.6) is 5.75 Å². The fourth-order valence-corrected chi connectivity index (χ4v) is 7.88. The molecule has 1 saturated carbocycles. The molecule has 19 heteroatoms. The number of aliphatic hydroxyl groups is 3. The minimum absolute atomic E-state index is 0.0623. The third kappa shape index (κ3) is 16.2. The zero-order valence-electron chi connectivity index (χ0n) is 39.7. The molecular weight excluding hydrogens is 883 g/mol. The number of ether oxygens (including phenoxy) is 5. The van der Waals surface area contributed by atoms with E-state index in [1.807, 2.05) is 45.9 Å². The molecule has 6 amide bonds. The van der Waals surface area contributed by atoms with Gasteiger partial charge in [-0.05, 0) is 94.2 Å². The summed E-state index contributed by atoms with van der Waals surface area (Å²) < 4.78 is 28.1. The van der Waals surface area contributed by atoms with Crippen molar-refractivity contribution in [3.8, 4) is 16.9 Å². The molecule has 3 aliphatic rings. The number of nitrogens with zero attached hydrogens (tertiary/aromatic N) is 1. The van der Waals surface area contributed by atoms with Crippen LogP contribution in [-0.4, -0.2) is 158 Å². The number of carbonyl (C=O) groups excluding carboxylic acids is 6. The first-order valence-corrected chi connectivity index (χ1v) is 23.3. The lowest BCUT2D eigenvalue weighted by Gasteiger charge is -2.38. The fourth-order valence-electron chi connectivity index (χ4n) is 7.88. The monoisotopic (exact) mass is 951 g/mol. The SMILES string of the molecule is C[C@@H]1O[C@@H](OCCOCCNC(=O)C(C)(C)CCOC(C)(C)CNC(=O)COc2ccc(-c3cccc(C(=O)NCCNC(=O)C4CCC(CN5C(=O)C=CC5=O)CC4)c3)cc2)[C@H](O)[C@H](O)[C@H]1O. The average molecular weight is 952 g/mol. The minimum Gasteiger partial charge on any atom is -0.484 e. The van der Waals surface area contributed by atoms with E-state index in [2.05, 4.69) is 21.3 Å². The Balaban J connectivity index is 0.909. The maximum absolute atomic E-state index is 13.0. The highest BCUT2D eigenvalue weighted by molar-refractivity contribution is 6.12. The molecule has 19 nitrogen and oxygen atoms in total. The van der Waals surface area contributed by atoms with Crippen molar-refractivity contribution in [3.63, 3.8) is 0 Å². The highest BCUT2D eigenvalue weighted by atomic mass is 16.7. The third-order valence-electron chi connectivity index (χ3n) is 12.3.